The normalized spacial score (nSPS) is 18.0. The zero-order valence-electron chi connectivity index (χ0n) is 12.4. The smallest absolute Gasteiger partial charge is 0.191 e. The number of nitrogens with two attached hydrogens (primary N) is 1. The molecule has 0 saturated carbocycles. The highest BCUT2D eigenvalue weighted by Crippen LogP contribution is 2.38. The molecule has 0 aliphatic carbocycles. The molecule has 2 aromatic heterocycles. The SMILES string of the molecule is CCC(N)C(Sc1nnc2n1CCCCC2)c1ccco1. The van der Waals surface area contributed by atoms with E-state index in [0.717, 1.165) is 36.1 Å². The van der Waals surface area contributed by atoms with Crippen LogP contribution in [0.4, 0.5) is 0 Å². The van der Waals surface area contributed by atoms with E-state index in [-0.39, 0.29) is 11.3 Å². The van der Waals surface area contributed by atoms with Gasteiger partial charge in [0.25, 0.3) is 0 Å². The lowest BCUT2D eigenvalue weighted by molar-refractivity contribution is 0.472. The lowest BCUT2D eigenvalue weighted by Gasteiger charge is -2.20. The van der Waals surface area contributed by atoms with E-state index in [2.05, 4.69) is 21.7 Å². The molecule has 21 heavy (non-hydrogen) atoms. The maximum absolute atomic E-state index is 6.29. The van der Waals surface area contributed by atoms with Crippen LogP contribution in [0, 0.1) is 0 Å². The predicted octanol–water partition coefficient (Wildman–Crippen LogP) is 3.17. The molecular formula is C15H22N4OS. The van der Waals surface area contributed by atoms with E-state index in [0.29, 0.717) is 0 Å². The number of hydrogen-bond acceptors (Lipinski definition) is 5. The summed E-state index contributed by atoms with van der Waals surface area (Å²) in [5.74, 6) is 2.03. The molecule has 2 N–H and O–H groups in total. The summed E-state index contributed by atoms with van der Waals surface area (Å²) < 4.78 is 7.84. The molecule has 1 aliphatic heterocycles. The number of rotatable bonds is 5. The highest BCUT2D eigenvalue weighted by molar-refractivity contribution is 7.99. The molecule has 6 heteroatoms. The van der Waals surface area contributed by atoms with E-state index in [4.69, 9.17) is 10.2 Å². The van der Waals surface area contributed by atoms with Crippen molar-refractivity contribution in [2.24, 2.45) is 5.73 Å². The fourth-order valence-corrected chi connectivity index (χ4v) is 3.94. The van der Waals surface area contributed by atoms with Crippen molar-refractivity contribution in [2.45, 2.75) is 62.0 Å². The van der Waals surface area contributed by atoms with Gasteiger partial charge in [0.05, 0.1) is 11.5 Å². The molecular weight excluding hydrogens is 284 g/mol. The van der Waals surface area contributed by atoms with Crippen LogP contribution in [0.5, 0.6) is 0 Å². The van der Waals surface area contributed by atoms with E-state index in [9.17, 15) is 0 Å². The Morgan fingerprint density at radius 2 is 2.29 bits per heavy atom. The first-order chi connectivity index (χ1) is 10.3. The minimum atomic E-state index is 0.0416. The Hall–Kier alpha value is -1.27. The summed E-state index contributed by atoms with van der Waals surface area (Å²) in [6.07, 6.45) is 7.31. The van der Waals surface area contributed by atoms with Gasteiger partial charge in [-0.3, -0.25) is 0 Å². The highest BCUT2D eigenvalue weighted by atomic mass is 32.2. The standard InChI is InChI=1S/C15H22N4OS/c1-2-11(16)14(12-7-6-10-20-12)21-15-18-17-13-8-4-3-5-9-19(13)15/h6-7,10-11,14H,2-5,8-9,16H2,1H3. The maximum Gasteiger partial charge on any atom is 0.191 e. The summed E-state index contributed by atoms with van der Waals surface area (Å²) in [6.45, 7) is 3.11. The number of nitrogens with zero attached hydrogens (tertiary/aromatic N) is 3. The largest absolute Gasteiger partial charge is 0.468 e. The van der Waals surface area contributed by atoms with Gasteiger partial charge in [-0.2, -0.15) is 0 Å². The zero-order valence-corrected chi connectivity index (χ0v) is 13.2. The third kappa shape index (κ3) is 3.16. The number of fused-ring (bicyclic) bond motifs is 1. The summed E-state index contributed by atoms with van der Waals surface area (Å²) >= 11 is 1.68. The summed E-state index contributed by atoms with van der Waals surface area (Å²) in [7, 11) is 0. The van der Waals surface area contributed by atoms with Gasteiger partial charge in [0.1, 0.15) is 11.6 Å². The molecule has 2 unspecified atom stereocenters. The first kappa shape index (κ1) is 14.7. The summed E-state index contributed by atoms with van der Waals surface area (Å²) in [6, 6.07) is 3.95. The van der Waals surface area contributed by atoms with Gasteiger partial charge >= 0.3 is 0 Å². The highest BCUT2D eigenvalue weighted by Gasteiger charge is 2.26. The van der Waals surface area contributed by atoms with Crippen molar-refractivity contribution in [2.75, 3.05) is 0 Å². The third-order valence-corrected chi connectivity index (χ3v) is 5.34. The first-order valence-corrected chi connectivity index (χ1v) is 8.55. The summed E-state index contributed by atoms with van der Waals surface area (Å²) in [5.41, 5.74) is 6.29. The average Bonchev–Trinajstić information content (AvgIpc) is 3.09. The van der Waals surface area contributed by atoms with E-state index in [1.807, 2.05) is 12.1 Å². The van der Waals surface area contributed by atoms with Crippen LogP contribution < -0.4 is 5.73 Å². The Balaban J connectivity index is 1.85. The van der Waals surface area contributed by atoms with Crippen LogP contribution in [0.1, 0.15) is 49.4 Å². The Labute approximate surface area is 129 Å². The molecule has 0 fully saturated rings. The second-order valence-electron chi connectivity index (χ2n) is 5.49. The van der Waals surface area contributed by atoms with Crippen molar-refractivity contribution >= 4 is 11.8 Å². The van der Waals surface area contributed by atoms with Gasteiger partial charge in [-0.1, -0.05) is 25.1 Å². The van der Waals surface area contributed by atoms with E-state index in [1.54, 1.807) is 18.0 Å². The molecule has 5 nitrogen and oxygen atoms in total. The molecule has 2 aromatic rings. The number of aryl methyl sites for hydroxylation is 1. The Morgan fingerprint density at radius 1 is 1.38 bits per heavy atom. The molecule has 3 heterocycles. The monoisotopic (exact) mass is 306 g/mol. The van der Waals surface area contributed by atoms with Crippen LogP contribution in [-0.4, -0.2) is 20.8 Å². The maximum atomic E-state index is 6.29. The lowest BCUT2D eigenvalue weighted by Crippen LogP contribution is -2.25. The Bertz CT molecular complexity index is 566. The average molecular weight is 306 g/mol. The molecule has 0 saturated heterocycles. The molecule has 3 rings (SSSR count). The molecule has 0 aromatic carbocycles. The van der Waals surface area contributed by atoms with Crippen LogP contribution in [0.2, 0.25) is 0 Å². The fourth-order valence-electron chi connectivity index (χ4n) is 2.68. The van der Waals surface area contributed by atoms with Crippen LogP contribution in [0.25, 0.3) is 0 Å². The van der Waals surface area contributed by atoms with Gasteiger partial charge in [0.15, 0.2) is 5.16 Å². The number of furan rings is 1. The molecule has 0 amide bonds. The van der Waals surface area contributed by atoms with Gasteiger partial charge in [-0.05, 0) is 31.4 Å². The van der Waals surface area contributed by atoms with Crippen LogP contribution in [-0.2, 0) is 13.0 Å². The van der Waals surface area contributed by atoms with Gasteiger partial charge in [-0.25, -0.2) is 0 Å². The minimum Gasteiger partial charge on any atom is -0.468 e. The quantitative estimate of drug-likeness (QED) is 0.859. The molecule has 2 atom stereocenters. The fraction of sp³-hybridized carbons (Fsp3) is 0.600. The van der Waals surface area contributed by atoms with Crippen molar-refractivity contribution in [1.29, 1.82) is 0 Å². The van der Waals surface area contributed by atoms with Gasteiger partial charge in [0, 0.05) is 19.0 Å². The van der Waals surface area contributed by atoms with Crippen LogP contribution >= 0.6 is 11.8 Å². The number of thioether (sulfide) groups is 1. The van der Waals surface area contributed by atoms with Crippen molar-refractivity contribution in [1.82, 2.24) is 14.8 Å². The lowest BCUT2D eigenvalue weighted by atomic mass is 10.1. The first-order valence-electron chi connectivity index (χ1n) is 7.67. The van der Waals surface area contributed by atoms with E-state index < -0.39 is 0 Å². The molecule has 0 radical (unpaired) electrons. The Morgan fingerprint density at radius 3 is 3.05 bits per heavy atom. The van der Waals surface area contributed by atoms with Gasteiger partial charge in [0.2, 0.25) is 0 Å². The van der Waals surface area contributed by atoms with Crippen molar-refractivity contribution in [3.63, 3.8) is 0 Å². The second-order valence-corrected chi connectivity index (χ2v) is 6.60. The van der Waals surface area contributed by atoms with Crippen LogP contribution in [0.15, 0.2) is 28.0 Å². The van der Waals surface area contributed by atoms with E-state index in [1.165, 1.54) is 19.3 Å². The van der Waals surface area contributed by atoms with Gasteiger partial charge < -0.3 is 14.7 Å². The third-order valence-electron chi connectivity index (χ3n) is 3.99. The second kappa shape index (κ2) is 6.66. The summed E-state index contributed by atoms with van der Waals surface area (Å²) in [5, 5.41) is 9.80. The zero-order chi connectivity index (χ0) is 14.7. The molecule has 0 bridgehead atoms. The number of aromatic nitrogens is 3. The topological polar surface area (TPSA) is 69.9 Å². The molecule has 114 valence electrons. The Kier molecular flexibility index (Phi) is 4.65. The van der Waals surface area contributed by atoms with Crippen LogP contribution in [0.3, 0.4) is 0 Å². The molecule has 1 aliphatic rings. The van der Waals surface area contributed by atoms with Crippen molar-refractivity contribution < 1.29 is 4.42 Å². The minimum absolute atomic E-state index is 0.0416. The predicted molar refractivity (Wildman–Crippen MR) is 83.1 cm³/mol. The molecule has 0 spiro atoms. The number of hydrogen-bond donors (Lipinski definition) is 1. The van der Waals surface area contributed by atoms with E-state index >= 15 is 0 Å². The van der Waals surface area contributed by atoms with Gasteiger partial charge in [-0.15, -0.1) is 10.2 Å². The summed E-state index contributed by atoms with van der Waals surface area (Å²) in [4.78, 5) is 0. The van der Waals surface area contributed by atoms with Crippen molar-refractivity contribution in [3.05, 3.63) is 30.0 Å². The van der Waals surface area contributed by atoms with Crippen molar-refractivity contribution in [3.8, 4) is 0 Å².